The highest BCUT2D eigenvalue weighted by atomic mass is 35.5. The molecule has 2 aliphatic rings. The molecule has 1 saturated heterocycles. The average molecular weight is 479 g/mol. The molecule has 8 heteroatoms. The molecule has 6 nitrogen and oxygen atoms in total. The summed E-state index contributed by atoms with van der Waals surface area (Å²) in [5.41, 5.74) is 5.30. The third-order valence-corrected chi connectivity index (χ3v) is 7.69. The van der Waals surface area contributed by atoms with E-state index in [9.17, 15) is 4.79 Å². The molecule has 1 amide bonds. The summed E-state index contributed by atoms with van der Waals surface area (Å²) in [6, 6.07) is 10.3. The summed E-state index contributed by atoms with van der Waals surface area (Å²) in [7, 11) is 0. The third kappa shape index (κ3) is 3.79. The van der Waals surface area contributed by atoms with Gasteiger partial charge in [0.05, 0.1) is 11.6 Å². The first kappa shape index (κ1) is 20.7. The van der Waals surface area contributed by atoms with Crippen molar-refractivity contribution in [2.24, 2.45) is 0 Å². The van der Waals surface area contributed by atoms with Gasteiger partial charge in [-0.25, -0.2) is 4.98 Å². The summed E-state index contributed by atoms with van der Waals surface area (Å²) < 4.78 is 5.29. The lowest BCUT2D eigenvalue weighted by molar-refractivity contribution is 0.0714. The van der Waals surface area contributed by atoms with E-state index >= 15 is 0 Å². The van der Waals surface area contributed by atoms with E-state index in [0.29, 0.717) is 31.9 Å². The Hall–Kier alpha value is -2.90. The largest absolute Gasteiger partial charge is 0.459 e. The van der Waals surface area contributed by atoms with E-state index in [1.807, 2.05) is 4.90 Å². The summed E-state index contributed by atoms with van der Waals surface area (Å²) in [5, 5.41) is 3.47. The second kappa shape index (κ2) is 8.47. The number of halogens is 1. The van der Waals surface area contributed by atoms with E-state index in [-0.39, 0.29) is 11.2 Å². The zero-order valence-electron chi connectivity index (χ0n) is 18.1. The number of amides is 1. The monoisotopic (exact) mass is 478 g/mol. The summed E-state index contributed by atoms with van der Waals surface area (Å²) in [5.74, 6) is 1.16. The van der Waals surface area contributed by atoms with Gasteiger partial charge < -0.3 is 14.2 Å². The fourth-order valence-corrected chi connectivity index (χ4v) is 6.07. The molecule has 1 aliphatic carbocycles. The molecule has 1 fully saturated rings. The van der Waals surface area contributed by atoms with Crippen LogP contribution in [-0.2, 0) is 12.8 Å². The highest BCUT2D eigenvalue weighted by Gasteiger charge is 2.27. The Bertz CT molecular complexity index is 1330. The van der Waals surface area contributed by atoms with E-state index in [1.54, 1.807) is 23.5 Å². The Morgan fingerprint density at radius 2 is 1.85 bits per heavy atom. The molecular formula is C25H23ClN4O2S. The zero-order chi connectivity index (χ0) is 22.4. The molecule has 4 aromatic rings. The number of carbonyl (C=O) groups excluding carboxylic acids is 1. The minimum absolute atomic E-state index is 0.0733. The second-order valence-electron chi connectivity index (χ2n) is 8.59. The highest BCUT2D eigenvalue weighted by molar-refractivity contribution is 7.17. The Kier molecular flexibility index (Phi) is 5.31. The molecule has 0 spiro atoms. The minimum atomic E-state index is -0.0733. The molecular weight excluding hydrogens is 456 g/mol. The third-order valence-electron chi connectivity index (χ3n) is 6.65. The van der Waals surface area contributed by atoms with Crippen LogP contribution in [0.25, 0.3) is 21.3 Å². The van der Waals surface area contributed by atoms with Gasteiger partial charge >= 0.3 is 0 Å². The van der Waals surface area contributed by atoms with E-state index in [4.69, 9.17) is 16.0 Å². The predicted molar refractivity (Wildman–Crippen MR) is 131 cm³/mol. The number of rotatable bonds is 3. The van der Waals surface area contributed by atoms with Crippen molar-refractivity contribution in [2.75, 3.05) is 31.1 Å². The summed E-state index contributed by atoms with van der Waals surface area (Å²) in [6.07, 6.45) is 6.38. The van der Waals surface area contributed by atoms with Crippen LogP contribution in [0, 0.1) is 0 Å². The number of nitrogens with zero attached hydrogens (tertiary/aromatic N) is 4. The van der Waals surface area contributed by atoms with Crippen molar-refractivity contribution in [3.8, 4) is 11.1 Å². The molecule has 1 aliphatic heterocycles. The van der Waals surface area contributed by atoms with E-state index < -0.39 is 0 Å². The number of hydrogen-bond donors (Lipinski definition) is 0. The quantitative estimate of drug-likeness (QED) is 0.366. The minimum Gasteiger partial charge on any atom is -0.459 e. The molecule has 3 aromatic heterocycles. The first-order chi connectivity index (χ1) is 16.2. The van der Waals surface area contributed by atoms with Gasteiger partial charge in [-0.15, -0.1) is 11.3 Å². The molecule has 0 radical (unpaired) electrons. The number of hydrogen-bond acceptors (Lipinski definition) is 6. The number of fused-ring (bicyclic) bond motifs is 2. The fraction of sp³-hybridized carbons (Fsp3) is 0.320. The second-order valence-corrected chi connectivity index (χ2v) is 9.79. The fourth-order valence-electron chi connectivity index (χ4n) is 4.92. The maximum Gasteiger partial charge on any atom is 0.289 e. The number of thiophene rings is 1. The summed E-state index contributed by atoms with van der Waals surface area (Å²) >= 11 is 7.92. The van der Waals surface area contributed by atoms with Crippen molar-refractivity contribution in [3.05, 3.63) is 64.1 Å². The van der Waals surface area contributed by atoms with Gasteiger partial charge in [0.15, 0.2) is 5.76 Å². The van der Waals surface area contributed by atoms with Gasteiger partial charge in [-0.2, -0.15) is 4.98 Å². The molecule has 168 valence electrons. The number of aromatic nitrogens is 2. The van der Waals surface area contributed by atoms with Crippen LogP contribution < -0.4 is 4.90 Å². The standard InChI is InChI=1S/C25H23ClN4O2S/c26-25-27-22(29-9-11-30(12-10-29)24(31)20-6-3-13-32-20)21-19(15-33-23(21)28-25)18-8-7-16-4-1-2-5-17(16)14-18/h3,6-8,13-15H,1-2,4-5,9-12H2. The van der Waals surface area contributed by atoms with Crippen molar-refractivity contribution < 1.29 is 9.21 Å². The van der Waals surface area contributed by atoms with Gasteiger partial charge in [-0.1, -0.05) is 18.2 Å². The molecule has 0 N–H and O–H groups in total. The lowest BCUT2D eigenvalue weighted by Gasteiger charge is -2.35. The number of aryl methyl sites for hydroxylation is 2. The topological polar surface area (TPSA) is 62.5 Å². The van der Waals surface area contributed by atoms with Crippen molar-refractivity contribution in [3.63, 3.8) is 0 Å². The molecule has 4 heterocycles. The summed E-state index contributed by atoms with van der Waals surface area (Å²) in [4.78, 5) is 26.8. The number of carbonyl (C=O) groups is 1. The highest BCUT2D eigenvalue weighted by Crippen LogP contribution is 2.40. The van der Waals surface area contributed by atoms with Crippen molar-refractivity contribution in [2.45, 2.75) is 25.7 Å². The molecule has 0 atom stereocenters. The number of piperazine rings is 1. The molecule has 6 rings (SSSR count). The lowest BCUT2D eigenvalue weighted by atomic mass is 9.89. The number of anilines is 1. The van der Waals surface area contributed by atoms with E-state index in [1.165, 1.54) is 42.2 Å². The van der Waals surface area contributed by atoms with Gasteiger partial charge in [0.2, 0.25) is 5.28 Å². The van der Waals surface area contributed by atoms with Crippen LogP contribution in [0.3, 0.4) is 0 Å². The number of furan rings is 1. The first-order valence-electron chi connectivity index (χ1n) is 11.3. The van der Waals surface area contributed by atoms with Crippen LogP contribution in [0.2, 0.25) is 5.28 Å². The summed E-state index contributed by atoms with van der Waals surface area (Å²) in [6.45, 7) is 2.55. The zero-order valence-corrected chi connectivity index (χ0v) is 19.7. The van der Waals surface area contributed by atoms with Crippen LogP contribution in [-0.4, -0.2) is 47.0 Å². The van der Waals surface area contributed by atoms with Crippen LogP contribution in [0.1, 0.15) is 34.5 Å². The maximum absolute atomic E-state index is 12.7. The Morgan fingerprint density at radius 1 is 1.03 bits per heavy atom. The van der Waals surface area contributed by atoms with Crippen molar-refractivity contribution in [1.29, 1.82) is 0 Å². The van der Waals surface area contributed by atoms with Crippen molar-refractivity contribution >= 4 is 44.9 Å². The van der Waals surface area contributed by atoms with E-state index in [0.717, 1.165) is 28.0 Å². The maximum atomic E-state index is 12.7. The predicted octanol–water partition coefficient (Wildman–Crippen LogP) is 5.45. The van der Waals surface area contributed by atoms with Gasteiger partial charge in [0.1, 0.15) is 10.6 Å². The molecule has 0 saturated carbocycles. The number of benzene rings is 1. The Morgan fingerprint density at radius 3 is 2.64 bits per heavy atom. The molecule has 33 heavy (non-hydrogen) atoms. The van der Waals surface area contributed by atoms with Crippen LogP contribution >= 0.6 is 22.9 Å². The van der Waals surface area contributed by atoms with Gasteiger partial charge in [0.25, 0.3) is 5.91 Å². The van der Waals surface area contributed by atoms with Gasteiger partial charge in [-0.3, -0.25) is 4.79 Å². The Balaban J connectivity index is 1.33. The van der Waals surface area contributed by atoms with Crippen LogP contribution in [0.15, 0.2) is 46.4 Å². The average Bonchev–Trinajstić information content (AvgIpc) is 3.53. The molecule has 0 unspecified atom stereocenters. The normalized spacial score (nSPS) is 16.3. The van der Waals surface area contributed by atoms with Crippen LogP contribution in [0.5, 0.6) is 0 Å². The first-order valence-corrected chi connectivity index (χ1v) is 12.6. The lowest BCUT2D eigenvalue weighted by Crippen LogP contribution is -2.49. The van der Waals surface area contributed by atoms with Gasteiger partial charge in [0, 0.05) is 37.1 Å². The molecule has 1 aromatic carbocycles. The van der Waals surface area contributed by atoms with Gasteiger partial charge in [-0.05, 0) is 66.1 Å². The molecule has 0 bridgehead atoms. The van der Waals surface area contributed by atoms with Crippen LogP contribution in [0.4, 0.5) is 5.82 Å². The Labute approximate surface area is 200 Å². The van der Waals surface area contributed by atoms with Crippen molar-refractivity contribution in [1.82, 2.24) is 14.9 Å². The smallest absolute Gasteiger partial charge is 0.289 e. The SMILES string of the molecule is O=C(c1ccco1)N1CCN(c2nc(Cl)nc3scc(-c4ccc5c(c4)CCCC5)c23)CC1. The van der Waals surface area contributed by atoms with E-state index in [2.05, 4.69) is 38.4 Å².